The summed E-state index contributed by atoms with van der Waals surface area (Å²) in [6.07, 6.45) is 0. The first kappa shape index (κ1) is 15.6. The van der Waals surface area contributed by atoms with Gasteiger partial charge in [0.05, 0.1) is 10.4 Å². The molecule has 1 unspecified atom stereocenters. The van der Waals surface area contributed by atoms with Gasteiger partial charge < -0.3 is 5.32 Å². The normalized spacial score (nSPS) is 12.0. The summed E-state index contributed by atoms with van der Waals surface area (Å²) in [5.41, 5.74) is 0.408. The zero-order valence-corrected chi connectivity index (χ0v) is 12.3. The largest absolute Gasteiger partial charge is 0.350 e. The lowest BCUT2D eigenvalue weighted by Gasteiger charge is -2.12. The maximum atomic E-state index is 13.5. The molecule has 0 bridgehead atoms. The summed E-state index contributed by atoms with van der Waals surface area (Å²) in [7, 11) is 0. The minimum absolute atomic E-state index is 0.170. The van der Waals surface area contributed by atoms with Gasteiger partial charge in [0.1, 0.15) is 0 Å². The van der Waals surface area contributed by atoms with Crippen molar-refractivity contribution in [1.82, 2.24) is 5.32 Å². The van der Waals surface area contributed by atoms with Gasteiger partial charge in [-0.2, -0.15) is 0 Å². The van der Waals surface area contributed by atoms with Gasteiger partial charge in [-0.1, -0.05) is 46.3 Å². The van der Waals surface area contributed by atoms with Crippen molar-refractivity contribution in [2.45, 2.75) is 4.83 Å². The number of amides is 1. The fourth-order valence-electron chi connectivity index (χ4n) is 1.76. The van der Waals surface area contributed by atoms with Crippen LogP contribution in [0.2, 0.25) is 0 Å². The van der Waals surface area contributed by atoms with E-state index in [9.17, 15) is 18.0 Å². The van der Waals surface area contributed by atoms with Crippen molar-refractivity contribution in [3.05, 3.63) is 71.0 Å². The first-order valence-electron chi connectivity index (χ1n) is 6.11. The van der Waals surface area contributed by atoms with E-state index in [0.717, 1.165) is 17.7 Å². The van der Waals surface area contributed by atoms with Gasteiger partial charge in [-0.05, 0) is 17.7 Å². The molecule has 1 amide bonds. The van der Waals surface area contributed by atoms with E-state index in [2.05, 4.69) is 21.2 Å². The summed E-state index contributed by atoms with van der Waals surface area (Å²) >= 11 is 3.39. The van der Waals surface area contributed by atoms with Crippen LogP contribution in [0.15, 0.2) is 42.5 Å². The molecule has 6 heteroatoms. The van der Waals surface area contributed by atoms with Crippen LogP contribution >= 0.6 is 15.9 Å². The standard InChI is InChI=1S/C15H11BrF3NO/c16-11(9-4-2-1-3-5-9)8-20-15(21)10-6-7-12(17)14(19)13(10)18/h1-7,11H,8H2,(H,20,21). The molecule has 110 valence electrons. The topological polar surface area (TPSA) is 29.1 Å². The van der Waals surface area contributed by atoms with E-state index in [1.165, 1.54) is 0 Å². The molecule has 0 heterocycles. The van der Waals surface area contributed by atoms with Gasteiger partial charge in [0.2, 0.25) is 0 Å². The van der Waals surface area contributed by atoms with Crippen LogP contribution in [0.4, 0.5) is 13.2 Å². The van der Waals surface area contributed by atoms with Gasteiger partial charge in [0, 0.05) is 6.54 Å². The smallest absolute Gasteiger partial charge is 0.254 e. The fourth-order valence-corrected chi connectivity index (χ4v) is 2.23. The second-order valence-electron chi connectivity index (χ2n) is 4.31. The van der Waals surface area contributed by atoms with Crippen LogP contribution in [-0.2, 0) is 0 Å². The van der Waals surface area contributed by atoms with E-state index in [1.54, 1.807) is 0 Å². The lowest BCUT2D eigenvalue weighted by molar-refractivity contribution is 0.0948. The van der Waals surface area contributed by atoms with Crippen molar-refractivity contribution in [2.24, 2.45) is 0 Å². The Balaban J connectivity index is 2.04. The highest BCUT2D eigenvalue weighted by atomic mass is 79.9. The van der Waals surface area contributed by atoms with Crippen LogP contribution in [-0.4, -0.2) is 12.5 Å². The molecule has 2 aromatic rings. The molecule has 0 aromatic heterocycles. The second kappa shape index (κ2) is 6.76. The van der Waals surface area contributed by atoms with E-state index in [-0.39, 0.29) is 11.4 Å². The van der Waals surface area contributed by atoms with Crippen molar-refractivity contribution < 1.29 is 18.0 Å². The first-order valence-corrected chi connectivity index (χ1v) is 7.03. The summed E-state index contributed by atoms with van der Waals surface area (Å²) in [6, 6.07) is 10.9. The van der Waals surface area contributed by atoms with E-state index in [0.29, 0.717) is 0 Å². The zero-order chi connectivity index (χ0) is 15.4. The highest BCUT2D eigenvalue weighted by Gasteiger charge is 2.19. The molecule has 0 aliphatic heterocycles. The van der Waals surface area contributed by atoms with Crippen molar-refractivity contribution >= 4 is 21.8 Å². The molecule has 0 saturated heterocycles. The number of carbonyl (C=O) groups is 1. The maximum Gasteiger partial charge on any atom is 0.254 e. The van der Waals surface area contributed by atoms with Crippen LogP contribution in [0.25, 0.3) is 0 Å². The number of carbonyl (C=O) groups excluding carboxylic acids is 1. The number of benzene rings is 2. The summed E-state index contributed by atoms with van der Waals surface area (Å²) in [4.78, 5) is 11.6. The van der Waals surface area contributed by atoms with E-state index < -0.39 is 28.9 Å². The molecule has 0 aliphatic carbocycles. The van der Waals surface area contributed by atoms with Gasteiger partial charge in [-0.3, -0.25) is 4.79 Å². The Labute approximate surface area is 128 Å². The number of hydrogen-bond acceptors (Lipinski definition) is 1. The van der Waals surface area contributed by atoms with Gasteiger partial charge in [-0.25, -0.2) is 13.2 Å². The van der Waals surface area contributed by atoms with Gasteiger partial charge in [0.25, 0.3) is 5.91 Å². The predicted molar refractivity (Wildman–Crippen MR) is 76.8 cm³/mol. The molecule has 0 aliphatic rings. The molecule has 0 saturated carbocycles. The van der Waals surface area contributed by atoms with Crippen molar-refractivity contribution in [1.29, 1.82) is 0 Å². The van der Waals surface area contributed by atoms with E-state index in [4.69, 9.17) is 0 Å². The van der Waals surface area contributed by atoms with E-state index >= 15 is 0 Å². The third kappa shape index (κ3) is 3.64. The van der Waals surface area contributed by atoms with Gasteiger partial charge in [0.15, 0.2) is 17.5 Å². The Morgan fingerprint density at radius 2 is 1.71 bits per heavy atom. The molecule has 0 fully saturated rings. The molecule has 2 rings (SSSR count). The Morgan fingerprint density at radius 3 is 2.38 bits per heavy atom. The summed E-state index contributed by atoms with van der Waals surface area (Å²) in [6.45, 7) is 0.182. The molecule has 0 radical (unpaired) electrons. The first-order chi connectivity index (χ1) is 10.0. The Hall–Kier alpha value is -1.82. The molecule has 1 atom stereocenters. The van der Waals surface area contributed by atoms with Gasteiger partial charge >= 0.3 is 0 Å². The number of rotatable bonds is 4. The number of hydrogen-bond donors (Lipinski definition) is 1. The number of alkyl halides is 1. The lowest BCUT2D eigenvalue weighted by atomic mass is 10.1. The molecule has 1 N–H and O–H groups in total. The summed E-state index contributed by atoms with van der Waals surface area (Å²) < 4.78 is 39.4. The van der Waals surface area contributed by atoms with Crippen molar-refractivity contribution in [3.8, 4) is 0 Å². The van der Waals surface area contributed by atoms with Crippen molar-refractivity contribution in [3.63, 3.8) is 0 Å². The Bertz CT molecular complexity index is 649. The summed E-state index contributed by atoms with van der Waals surface area (Å²) in [5, 5.41) is 2.47. The van der Waals surface area contributed by atoms with Crippen molar-refractivity contribution in [2.75, 3.05) is 6.54 Å². The average Bonchev–Trinajstić information content (AvgIpc) is 2.51. The zero-order valence-electron chi connectivity index (χ0n) is 10.7. The monoisotopic (exact) mass is 357 g/mol. The quantitative estimate of drug-likeness (QED) is 0.651. The molecular weight excluding hydrogens is 347 g/mol. The molecule has 21 heavy (non-hydrogen) atoms. The summed E-state index contributed by atoms with van der Waals surface area (Å²) in [5.74, 6) is -5.27. The number of nitrogens with one attached hydrogen (secondary N) is 1. The molecule has 2 aromatic carbocycles. The Morgan fingerprint density at radius 1 is 1.05 bits per heavy atom. The molecular formula is C15H11BrF3NO. The third-order valence-corrected chi connectivity index (χ3v) is 3.74. The SMILES string of the molecule is O=C(NCC(Br)c1ccccc1)c1ccc(F)c(F)c1F. The highest BCUT2D eigenvalue weighted by Crippen LogP contribution is 2.21. The minimum Gasteiger partial charge on any atom is -0.350 e. The average molecular weight is 358 g/mol. The maximum absolute atomic E-state index is 13.5. The fraction of sp³-hybridized carbons (Fsp3) is 0.133. The Kier molecular flexibility index (Phi) is 5.01. The van der Waals surface area contributed by atoms with Crippen LogP contribution < -0.4 is 5.32 Å². The minimum atomic E-state index is -1.65. The van der Waals surface area contributed by atoms with Gasteiger partial charge in [-0.15, -0.1) is 0 Å². The lowest BCUT2D eigenvalue weighted by Crippen LogP contribution is -2.28. The highest BCUT2D eigenvalue weighted by molar-refractivity contribution is 9.09. The van der Waals surface area contributed by atoms with Crippen LogP contribution in [0, 0.1) is 17.5 Å². The third-order valence-electron chi connectivity index (χ3n) is 2.88. The molecule has 0 spiro atoms. The van der Waals surface area contributed by atoms with Crippen LogP contribution in [0.1, 0.15) is 20.7 Å². The van der Waals surface area contributed by atoms with Crippen LogP contribution in [0.3, 0.4) is 0 Å². The van der Waals surface area contributed by atoms with E-state index in [1.807, 2.05) is 30.3 Å². The molecule has 2 nitrogen and oxygen atoms in total. The predicted octanol–water partition coefficient (Wildman–Crippen LogP) is 3.97. The number of halogens is 4. The second-order valence-corrected chi connectivity index (χ2v) is 5.42. The van der Waals surface area contributed by atoms with Crippen LogP contribution in [0.5, 0.6) is 0 Å².